The molecule has 6 heteroatoms. The fourth-order valence-electron chi connectivity index (χ4n) is 2.16. The van der Waals surface area contributed by atoms with Gasteiger partial charge in [-0.25, -0.2) is 8.42 Å². The number of carbonyl (C=O) groups is 1. The summed E-state index contributed by atoms with van der Waals surface area (Å²) in [6.07, 6.45) is 1.33. The summed E-state index contributed by atoms with van der Waals surface area (Å²) in [7, 11) is -1.63. The largest absolute Gasteiger partial charge is 0.358 e. The minimum Gasteiger partial charge on any atom is -0.358 e. The summed E-state index contributed by atoms with van der Waals surface area (Å²) in [5.74, 6) is -0.0884. The van der Waals surface area contributed by atoms with Gasteiger partial charge in [-0.2, -0.15) is 0 Å². The van der Waals surface area contributed by atoms with E-state index in [0.29, 0.717) is 23.3 Å². The van der Waals surface area contributed by atoms with Crippen LogP contribution < -0.4 is 11.1 Å². The van der Waals surface area contributed by atoms with Crippen LogP contribution in [0.4, 0.5) is 0 Å². The number of nitrogens with two attached hydrogens (primary N) is 1. The third-order valence-electron chi connectivity index (χ3n) is 3.17. The van der Waals surface area contributed by atoms with E-state index in [9.17, 15) is 13.2 Å². The predicted molar refractivity (Wildman–Crippen MR) is 67.8 cm³/mol. The van der Waals surface area contributed by atoms with E-state index in [2.05, 4.69) is 5.32 Å². The van der Waals surface area contributed by atoms with Crippen molar-refractivity contribution >= 4 is 15.7 Å². The van der Waals surface area contributed by atoms with Crippen molar-refractivity contribution in [1.82, 2.24) is 5.32 Å². The topological polar surface area (TPSA) is 89.3 Å². The molecule has 98 valence electrons. The zero-order valence-electron chi connectivity index (χ0n) is 10.1. The predicted octanol–water partition coefficient (Wildman–Crippen LogP) is 0.152. The maximum Gasteiger partial charge on any atom is 0.241 e. The third kappa shape index (κ3) is 2.26. The van der Waals surface area contributed by atoms with Crippen molar-refractivity contribution in [3.63, 3.8) is 0 Å². The van der Waals surface area contributed by atoms with Gasteiger partial charge in [0.05, 0.1) is 10.6 Å². The molecule has 1 heterocycles. The molecule has 1 amide bonds. The quantitative estimate of drug-likeness (QED) is 0.799. The van der Waals surface area contributed by atoms with E-state index in [1.807, 2.05) is 0 Å². The fourth-order valence-corrected chi connectivity index (χ4v) is 3.74. The molecule has 0 aliphatic carbocycles. The van der Waals surface area contributed by atoms with Gasteiger partial charge in [-0.3, -0.25) is 4.79 Å². The van der Waals surface area contributed by atoms with E-state index in [4.69, 9.17) is 5.73 Å². The molecule has 1 atom stereocenters. The second-order valence-corrected chi connectivity index (χ2v) is 6.46. The average Bonchev–Trinajstić information content (AvgIpc) is 2.36. The van der Waals surface area contributed by atoms with E-state index >= 15 is 0 Å². The lowest BCUT2D eigenvalue weighted by Crippen LogP contribution is -2.31. The maximum atomic E-state index is 11.8. The van der Waals surface area contributed by atoms with Crippen LogP contribution in [0.15, 0.2) is 23.1 Å². The Morgan fingerprint density at radius 1 is 1.44 bits per heavy atom. The normalized spacial score (nSPS) is 18.8. The van der Waals surface area contributed by atoms with Crippen molar-refractivity contribution < 1.29 is 13.2 Å². The van der Waals surface area contributed by atoms with Crippen LogP contribution in [0.2, 0.25) is 0 Å². The van der Waals surface area contributed by atoms with Gasteiger partial charge in [0.2, 0.25) is 5.91 Å². The molecule has 0 saturated heterocycles. The smallest absolute Gasteiger partial charge is 0.241 e. The first kappa shape index (κ1) is 13.0. The van der Waals surface area contributed by atoms with Gasteiger partial charge >= 0.3 is 0 Å². The molecule has 1 aromatic rings. The molecule has 1 unspecified atom stereocenters. The summed E-state index contributed by atoms with van der Waals surface area (Å²) in [6, 6.07) is 4.14. The van der Waals surface area contributed by atoms with Gasteiger partial charge in [-0.05, 0) is 30.0 Å². The number of sulfone groups is 1. The first-order chi connectivity index (χ1) is 8.45. The van der Waals surface area contributed by atoms with Gasteiger partial charge in [-0.1, -0.05) is 12.1 Å². The Kier molecular flexibility index (Phi) is 3.41. The summed E-state index contributed by atoms with van der Waals surface area (Å²) in [5, 5.41) is 2.48. The molecule has 1 aliphatic rings. The lowest BCUT2D eigenvalue weighted by atomic mass is 10.0. The number of aryl methyl sites for hydroxylation is 1. The third-order valence-corrected chi connectivity index (χ3v) is 5.06. The summed E-state index contributed by atoms with van der Waals surface area (Å²) in [6.45, 7) is 0. The van der Waals surface area contributed by atoms with E-state index in [1.54, 1.807) is 18.2 Å². The molecule has 18 heavy (non-hydrogen) atoms. The zero-order valence-corrected chi connectivity index (χ0v) is 11.0. The van der Waals surface area contributed by atoms with Gasteiger partial charge in [-0.15, -0.1) is 0 Å². The molecule has 3 N–H and O–H groups in total. The van der Waals surface area contributed by atoms with Crippen molar-refractivity contribution in [3.8, 4) is 0 Å². The van der Waals surface area contributed by atoms with Crippen LogP contribution in [-0.2, 0) is 21.1 Å². The molecule has 2 rings (SSSR count). The maximum absolute atomic E-state index is 11.8. The van der Waals surface area contributed by atoms with Gasteiger partial charge in [0.25, 0.3) is 0 Å². The van der Waals surface area contributed by atoms with Crippen molar-refractivity contribution in [2.75, 3.05) is 12.8 Å². The van der Waals surface area contributed by atoms with E-state index in [1.165, 1.54) is 7.05 Å². The molecule has 0 saturated carbocycles. The molecule has 0 spiro atoms. The Bertz CT molecular complexity index is 581. The highest BCUT2D eigenvalue weighted by molar-refractivity contribution is 7.91. The number of rotatable bonds is 2. The van der Waals surface area contributed by atoms with Crippen LogP contribution in [0, 0.1) is 0 Å². The Hall–Kier alpha value is -1.40. The lowest BCUT2D eigenvalue weighted by molar-refractivity contribution is -0.121. The molecule has 0 bridgehead atoms. The molecular formula is C12H16N2O3S. The number of hydrogen-bond donors (Lipinski definition) is 2. The first-order valence-corrected chi connectivity index (χ1v) is 7.43. The highest BCUT2D eigenvalue weighted by atomic mass is 32.2. The standard InChI is InChI=1S/C12H16N2O3S/c1-14-12(15)11(13)9-4-5-10-8(7-9)3-2-6-18(10,16)17/h4-5,7,11H,2-3,6,13H2,1H3,(H,14,15). The SMILES string of the molecule is CNC(=O)C(N)c1ccc2c(c1)CCCS2(=O)=O. The van der Waals surface area contributed by atoms with E-state index < -0.39 is 15.9 Å². The van der Waals surface area contributed by atoms with Gasteiger partial charge in [0.15, 0.2) is 9.84 Å². The van der Waals surface area contributed by atoms with Gasteiger partial charge in [0, 0.05) is 7.05 Å². The monoisotopic (exact) mass is 268 g/mol. The summed E-state index contributed by atoms with van der Waals surface area (Å²) in [5.41, 5.74) is 7.19. The number of amides is 1. The molecule has 1 aromatic carbocycles. The molecule has 0 aromatic heterocycles. The Balaban J connectivity index is 2.42. The van der Waals surface area contributed by atoms with Crippen LogP contribution in [0.3, 0.4) is 0 Å². The molecule has 0 fully saturated rings. The number of carbonyl (C=O) groups excluding carboxylic acids is 1. The Labute approximate surface area is 106 Å². The van der Waals surface area contributed by atoms with Crippen molar-refractivity contribution in [2.45, 2.75) is 23.8 Å². The van der Waals surface area contributed by atoms with Gasteiger partial charge < -0.3 is 11.1 Å². The zero-order chi connectivity index (χ0) is 13.3. The van der Waals surface area contributed by atoms with Crippen LogP contribution in [0.1, 0.15) is 23.6 Å². The Morgan fingerprint density at radius 2 is 2.17 bits per heavy atom. The van der Waals surface area contributed by atoms with Crippen LogP contribution in [0.5, 0.6) is 0 Å². The summed E-state index contributed by atoms with van der Waals surface area (Å²) in [4.78, 5) is 11.8. The molecule has 0 radical (unpaired) electrons. The highest BCUT2D eigenvalue weighted by Crippen LogP contribution is 2.27. The number of benzene rings is 1. The molecule has 5 nitrogen and oxygen atoms in total. The summed E-state index contributed by atoms with van der Waals surface area (Å²) >= 11 is 0. The van der Waals surface area contributed by atoms with Crippen LogP contribution >= 0.6 is 0 Å². The number of fused-ring (bicyclic) bond motifs is 1. The van der Waals surface area contributed by atoms with Crippen LogP contribution in [0.25, 0.3) is 0 Å². The molecule has 1 aliphatic heterocycles. The average molecular weight is 268 g/mol. The lowest BCUT2D eigenvalue weighted by Gasteiger charge is -2.18. The fraction of sp³-hybridized carbons (Fsp3) is 0.417. The van der Waals surface area contributed by atoms with E-state index in [-0.39, 0.29) is 11.7 Å². The second kappa shape index (κ2) is 4.70. The highest BCUT2D eigenvalue weighted by Gasteiger charge is 2.25. The summed E-state index contributed by atoms with van der Waals surface area (Å²) < 4.78 is 23.7. The van der Waals surface area contributed by atoms with E-state index in [0.717, 1.165) is 5.56 Å². The minimum atomic E-state index is -3.15. The van der Waals surface area contributed by atoms with Crippen molar-refractivity contribution in [3.05, 3.63) is 29.3 Å². The second-order valence-electron chi connectivity index (χ2n) is 4.38. The van der Waals surface area contributed by atoms with Crippen molar-refractivity contribution in [1.29, 1.82) is 0 Å². The molecular weight excluding hydrogens is 252 g/mol. The van der Waals surface area contributed by atoms with Crippen LogP contribution in [-0.4, -0.2) is 27.1 Å². The number of nitrogens with one attached hydrogen (secondary N) is 1. The number of likely N-dealkylation sites (N-methyl/N-ethyl adjacent to an activating group) is 1. The number of hydrogen-bond acceptors (Lipinski definition) is 4. The first-order valence-electron chi connectivity index (χ1n) is 5.78. The van der Waals surface area contributed by atoms with Crippen molar-refractivity contribution in [2.24, 2.45) is 5.73 Å². The Morgan fingerprint density at radius 3 is 2.83 bits per heavy atom. The minimum absolute atomic E-state index is 0.195. The van der Waals surface area contributed by atoms with Gasteiger partial charge in [0.1, 0.15) is 6.04 Å².